The first kappa shape index (κ1) is 22.8. The maximum Gasteiger partial charge on any atom is 0.335 e. The zero-order valence-electron chi connectivity index (χ0n) is 19.7. The molecule has 2 atom stereocenters. The first-order chi connectivity index (χ1) is 15.8. The zero-order chi connectivity index (χ0) is 23.7. The summed E-state index contributed by atoms with van der Waals surface area (Å²) in [7, 11) is 4.72. The van der Waals surface area contributed by atoms with Crippen LogP contribution in [0.25, 0.3) is 11.0 Å². The van der Waals surface area contributed by atoms with Crippen LogP contribution in [0.5, 0.6) is 17.2 Å². The second kappa shape index (κ2) is 9.21. The minimum absolute atomic E-state index is 0.219. The molecule has 1 aliphatic rings. The van der Waals surface area contributed by atoms with Gasteiger partial charge < -0.3 is 29.2 Å². The Morgan fingerprint density at radius 1 is 1.00 bits per heavy atom. The van der Waals surface area contributed by atoms with E-state index >= 15 is 0 Å². The minimum Gasteiger partial charge on any atom is -0.493 e. The van der Waals surface area contributed by atoms with Gasteiger partial charge in [0.1, 0.15) is 0 Å². The highest BCUT2D eigenvalue weighted by Crippen LogP contribution is 2.43. The highest BCUT2D eigenvalue weighted by atomic mass is 16.5. The fourth-order valence-electron chi connectivity index (χ4n) is 5.09. The number of nitrogens with zero attached hydrogens (tertiary/aromatic N) is 2. The van der Waals surface area contributed by atoms with Gasteiger partial charge in [-0.25, -0.2) is 9.78 Å². The van der Waals surface area contributed by atoms with Crippen LogP contribution in [0.1, 0.15) is 49.5 Å². The molecular formula is C25H31N3O5. The van der Waals surface area contributed by atoms with Crippen LogP contribution in [0, 0.1) is 11.8 Å². The van der Waals surface area contributed by atoms with Gasteiger partial charge in [0.15, 0.2) is 11.5 Å². The third-order valence-corrected chi connectivity index (χ3v) is 6.38. The van der Waals surface area contributed by atoms with E-state index < -0.39 is 5.97 Å². The Labute approximate surface area is 193 Å². The van der Waals surface area contributed by atoms with E-state index in [2.05, 4.69) is 23.7 Å². The Balaban J connectivity index is 1.83. The number of aromatic nitrogens is 2. The molecule has 0 saturated heterocycles. The van der Waals surface area contributed by atoms with Gasteiger partial charge in [0, 0.05) is 23.9 Å². The van der Waals surface area contributed by atoms with Gasteiger partial charge in [0.25, 0.3) is 0 Å². The predicted octanol–water partition coefficient (Wildman–Crippen LogP) is 5.50. The van der Waals surface area contributed by atoms with Crippen molar-refractivity contribution < 1.29 is 24.1 Å². The minimum atomic E-state index is -0.967. The number of aromatic carboxylic acids is 1. The Kier molecular flexibility index (Phi) is 6.35. The lowest BCUT2D eigenvalue weighted by Gasteiger charge is -2.33. The summed E-state index contributed by atoms with van der Waals surface area (Å²) in [6.45, 7) is 4.58. The Hall–Kier alpha value is -3.42. The largest absolute Gasteiger partial charge is 0.493 e. The smallest absolute Gasteiger partial charge is 0.335 e. The number of hydrogen-bond acceptors (Lipinski definition) is 6. The third kappa shape index (κ3) is 4.42. The third-order valence-electron chi connectivity index (χ3n) is 6.38. The van der Waals surface area contributed by atoms with Crippen molar-refractivity contribution >= 4 is 28.6 Å². The number of carbonyl (C=O) groups is 1. The molecular weight excluding hydrogens is 422 g/mol. The number of rotatable bonds is 7. The Morgan fingerprint density at radius 2 is 1.64 bits per heavy atom. The molecule has 0 radical (unpaired) electrons. The van der Waals surface area contributed by atoms with Crippen molar-refractivity contribution in [2.24, 2.45) is 11.8 Å². The summed E-state index contributed by atoms with van der Waals surface area (Å²) in [5.74, 6) is 2.48. The number of methoxy groups -OCH3 is 3. The summed E-state index contributed by atoms with van der Waals surface area (Å²) in [6, 6.07) is 9.05. The monoisotopic (exact) mass is 453 g/mol. The average Bonchev–Trinajstić information content (AvgIpc) is 3.14. The number of nitrogens with one attached hydrogen (secondary N) is 1. The molecule has 1 saturated carbocycles. The highest BCUT2D eigenvalue weighted by Gasteiger charge is 2.29. The lowest BCUT2D eigenvalue weighted by molar-refractivity contribution is 0.0697. The summed E-state index contributed by atoms with van der Waals surface area (Å²) in [5, 5.41) is 12.9. The van der Waals surface area contributed by atoms with E-state index in [1.807, 2.05) is 18.2 Å². The van der Waals surface area contributed by atoms with Gasteiger partial charge >= 0.3 is 5.97 Å². The molecule has 2 aromatic carbocycles. The molecule has 0 aliphatic heterocycles. The van der Waals surface area contributed by atoms with Gasteiger partial charge in [-0.05, 0) is 49.3 Å². The molecule has 1 aromatic heterocycles. The molecule has 0 bridgehead atoms. The molecule has 176 valence electrons. The van der Waals surface area contributed by atoms with Gasteiger partial charge in [-0.3, -0.25) is 0 Å². The number of benzene rings is 2. The molecule has 4 rings (SSSR count). The molecule has 33 heavy (non-hydrogen) atoms. The van der Waals surface area contributed by atoms with Gasteiger partial charge in [-0.2, -0.15) is 0 Å². The Morgan fingerprint density at radius 3 is 2.18 bits per heavy atom. The second-order valence-electron chi connectivity index (χ2n) is 8.92. The van der Waals surface area contributed by atoms with E-state index in [-0.39, 0.29) is 11.6 Å². The normalized spacial score (nSPS) is 20.5. The molecule has 3 aromatic rings. The van der Waals surface area contributed by atoms with Crippen molar-refractivity contribution in [2.45, 2.75) is 39.2 Å². The van der Waals surface area contributed by atoms with E-state index in [1.165, 1.54) is 6.42 Å². The SMILES string of the molecule is COc1cc(Nc2nc3cc(C(=O)O)ccc3n2C2CC(C)CC(C)C2)cc(OC)c1OC. The van der Waals surface area contributed by atoms with Crippen LogP contribution < -0.4 is 19.5 Å². The summed E-state index contributed by atoms with van der Waals surface area (Å²) in [5.41, 5.74) is 2.52. The average molecular weight is 454 g/mol. The van der Waals surface area contributed by atoms with Gasteiger partial charge in [-0.15, -0.1) is 0 Å². The number of ether oxygens (including phenoxy) is 3. The van der Waals surface area contributed by atoms with E-state index in [0.717, 1.165) is 24.0 Å². The number of hydrogen-bond donors (Lipinski definition) is 2. The predicted molar refractivity (Wildman–Crippen MR) is 127 cm³/mol. The number of fused-ring (bicyclic) bond motifs is 1. The van der Waals surface area contributed by atoms with Crippen molar-refractivity contribution in [1.82, 2.24) is 9.55 Å². The Bertz CT molecular complexity index is 1140. The van der Waals surface area contributed by atoms with Gasteiger partial charge in [0.05, 0.1) is 37.9 Å². The van der Waals surface area contributed by atoms with Crippen LogP contribution in [-0.2, 0) is 0 Å². The molecule has 1 fully saturated rings. The molecule has 8 heteroatoms. The maximum atomic E-state index is 11.5. The van der Waals surface area contributed by atoms with Crippen LogP contribution in [-0.4, -0.2) is 42.0 Å². The number of anilines is 2. The van der Waals surface area contributed by atoms with E-state index in [9.17, 15) is 9.90 Å². The van der Waals surface area contributed by atoms with Crippen LogP contribution >= 0.6 is 0 Å². The molecule has 2 unspecified atom stereocenters. The van der Waals surface area contributed by atoms with Crippen molar-refractivity contribution in [3.05, 3.63) is 35.9 Å². The highest BCUT2D eigenvalue weighted by molar-refractivity contribution is 5.93. The van der Waals surface area contributed by atoms with Crippen molar-refractivity contribution in [3.8, 4) is 17.2 Å². The lowest BCUT2D eigenvalue weighted by Crippen LogP contribution is -2.23. The fourth-order valence-corrected chi connectivity index (χ4v) is 5.09. The summed E-state index contributed by atoms with van der Waals surface area (Å²) < 4.78 is 18.6. The first-order valence-electron chi connectivity index (χ1n) is 11.2. The molecule has 2 N–H and O–H groups in total. The van der Waals surface area contributed by atoms with Crippen LogP contribution in [0.3, 0.4) is 0 Å². The van der Waals surface area contributed by atoms with Crippen LogP contribution in [0.4, 0.5) is 11.6 Å². The fraction of sp³-hybridized carbons (Fsp3) is 0.440. The standard InChI is InChI=1S/C25H31N3O5/c1-14-8-15(2)10-18(9-14)28-20-7-6-16(24(29)30)11-19(20)27-25(28)26-17-12-21(31-3)23(33-5)22(13-17)32-4/h6-7,11-15,18H,8-10H2,1-5H3,(H,26,27)(H,29,30). The van der Waals surface area contributed by atoms with Crippen LogP contribution in [0.15, 0.2) is 30.3 Å². The topological polar surface area (TPSA) is 94.8 Å². The first-order valence-corrected chi connectivity index (χ1v) is 11.2. The second-order valence-corrected chi connectivity index (χ2v) is 8.92. The summed E-state index contributed by atoms with van der Waals surface area (Å²) in [4.78, 5) is 16.3. The van der Waals surface area contributed by atoms with Crippen molar-refractivity contribution in [3.63, 3.8) is 0 Å². The number of carboxylic acid groups (broad SMARTS) is 1. The van der Waals surface area contributed by atoms with Crippen molar-refractivity contribution in [2.75, 3.05) is 26.6 Å². The number of carboxylic acids is 1. The van der Waals surface area contributed by atoms with E-state index in [4.69, 9.17) is 19.2 Å². The molecule has 8 nitrogen and oxygen atoms in total. The lowest BCUT2D eigenvalue weighted by atomic mass is 9.80. The summed E-state index contributed by atoms with van der Waals surface area (Å²) >= 11 is 0. The van der Waals surface area contributed by atoms with Crippen LogP contribution in [0.2, 0.25) is 0 Å². The molecule has 0 amide bonds. The van der Waals surface area contributed by atoms with Crippen molar-refractivity contribution in [1.29, 1.82) is 0 Å². The summed E-state index contributed by atoms with van der Waals surface area (Å²) in [6.07, 6.45) is 3.29. The molecule has 0 spiro atoms. The molecule has 1 heterocycles. The molecule has 1 aliphatic carbocycles. The van der Waals surface area contributed by atoms with Gasteiger partial charge in [-0.1, -0.05) is 13.8 Å². The quantitative estimate of drug-likeness (QED) is 0.488. The van der Waals surface area contributed by atoms with E-state index in [0.29, 0.717) is 40.5 Å². The van der Waals surface area contributed by atoms with Gasteiger partial charge in [0.2, 0.25) is 11.7 Å². The van der Waals surface area contributed by atoms with E-state index in [1.54, 1.807) is 33.5 Å². The maximum absolute atomic E-state index is 11.5. The number of imidazole rings is 1. The zero-order valence-corrected chi connectivity index (χ0v) is 19.7.